The van der Waals surface area contributed by atoms with Crippen LogP contribution in [0.15, 0.2) is 0 Å². The van der Waals surface area contributed by atoms with Gasteiger partial charge >= 0.3 is 0 Å². The van der Waals surface area contributed by atoms with Crippen LogP contribution in [0.1, 0.15) is 64.7 Å². The Hall–Kier alpha value is -0.120. The first-order valence-electron chi connectivity index (χ1n) is 8.99. The molecule has 0 aromatic rings. The Morgan fingerprint density at radius 2 is 1.70 bits per heavy atom. The van der Waals surface area contributed by atoms with Crippen molar-refractivity contribution in [3.8, 4) is 0 Å². The molecule has 0 spiro atoms. The summed E-state index contributed by atoms with van der Waals surface area (Å²) >= 11 is 0. The molecule has 3 saturated heterocycles. The first-order valence-corrected chi connectivity index (χ1v) is 8.99. The minimum Gasteiger partial charge on any atom is -0.328 e. The molecule has 0 radical (unpaired) electrons. The van der Waals surface area contributed by atoms with Gasteiger partial charge in [-0.05, 0) is 71.5 Å². The standard InChI is InChI=1S/C17H33N3/c1-14-6-2-3-9-19(14)10-5-11-20-16-7-4-8-17(20)13-15(18)12-16/h14-17H,2-13,18H2,1H3. The molecule has 3 rings (SSSR count). The van der Waals surface area contributed by atoms with Crippen molar-refractivity contribution in [1.29, 1.82) is 0 Å². The van der Waals surface area contributed by atoms with Gasteiger partial charge < -0.3 is 10.6 Å². The van der Waals surface area contributed by atoms with Crippen molar-refractivity contribution < 1.29 is 0 Å². The molecule has 3 heterocycles. The third-order valence-electron chi connectivity index (χ3n) is 5.96. The normalized spacial score (nSPS) is 39.9. The number of fused-ring (bicyclic) bond motifs is 2. The molecule has 0 aromatic carbocycles. The van der Waals surface area contributed by atoms with Crippen molar-refractivity contribution in [2.45, 2.75) is 88.9 Å². The summed E-state index contributed by atoms with van der Waals surface area (Å²) in [6, 6.07) is 2.90. The smallest absolute Gasteiger partial charge is 0.0113 e. The van der Waals surface area contributed by atoms with Crippen LogP contribution in [-0.4, -0.2) is 53.6 Å². The third kappa shape index (κ3) is 3.37. The van der Waals surface area contributed by atoms with Crippen molar-refractivity contribution in [1.82, 2.24) is 9.80 Å². The van der Waals surface area contributed by atoms with E-state index in [0.29, 0.717) is 6.04 Å². The Morgan fingerprint density at radius 3 is 2.40 bits per heavy atom. The Labute approximate surface area is 124 Å². The predicted octanol–water partition coefficient (Wildman–Crippen LogP) is 2.60. The SMILES string of the molecule is CC1CCCCN1CCCN1C2CCCC1CC(N)C2. The second-order valence-electron chi connectivity index (χ2n) is 7.44. The summed E-state index contributed by atoms with van der Waals surface area (Å²) in [5.41, 5.74) is 6.22. The highest BCUT2D eigenvalue weighted by Gasteiger charge is 2.36. The van der Waals surface area contributed by atoms with E-state index in [9.17, 15) is 0 Å². The fourth-order valence-electron chi connectivity index (χ4n) is 4.83. The molecule has 3 unspecified atom stereocenters. The van der Waals surface area contributed by atoms with Crippen LogP contribution in [0.3, 0.4) is 0 Å². The molecule has 3 nitrogen and oxygen atoms in total. The summed E-state index contributed by atoms with van der Waals surface area (Å²) in [6.45, 7) is 6.36. The minimum absolute atomic E-state index is 0.476. The maximum atomic E-state index is 6.22. The molecule has 0 amide bonds. The van der Waals surface area contributed by atoms with Gasteiger partial charge in [0, 0.05) is 24.2 Å². The van der Waals surface area contributed by atoms with E-state index in [1.807, 2.05) is 0 Å². The van der Waals surface area contributed by atoms with Crippen LogP contribution >= 0.6 is 0 Å². The van der Waals surface area contributed by atoms with E-state index in [2.05, 4.69) is 16.7 Å². The van der Waals surface area contributed by atoms with E-state index in [-0.39, 0.29) is 0 Å². The molecule has 0 aliphatic carbocycles. The Balaban J connectivity index is 1.46. The Bertz CT molecular complexity index is 293. The van der Waals surface area contributed by atoms with Crippen LogP contribution in [0.2, 0.25) is 0 Å². The van der Waals surface area contributed by atoms with Gasteiger partial charge in [0.05, 0.1) is 0 Å². The van der Waals surface area contributed by atoms with Crippen LogP contribution in [-0.2, 0) is 0 Å². The Kier molecular flexibility index (Phi) is 5.00. The van der Waals surface area contributed by atoms with Gasteiger partial charge in [0.2, 0.25) is 0 Å². The molecule has 2 N–H and O–H groups in total. The fourth-order valence-corrected chi connectivity index (χ4v) is 4.83. The molecule has 3 aliphatic heterocycles. The average Bonchev–Trinajstić information content (AvgIpc) is 2.41. The van der Waals surface area contributed by atoms with Crippen LogP contribution in [0.25, 0.3) is 0 Å². The largest absolute Gasteiger partial charge is 0.328 e. The van der Waals surface area contributed by atoms with Crippen molar-refractivity contribution >= 4 is 0 Å². The second-order valence-corrected chi connectivity index (χ2v) is 7.44. The van der Waals surface area contributed by atoms with Gasteiger partial charge in [-0.2, -0.15) is 0 Å². The quantitative estimate of drug-likeness (QED) is 0.858. The molecule has 0 saturated carbocycles. The molecule has 3 fully saturated rings. The van der Waals surface area contributed by atoms with Gasteiger partial charge in [0.1, 0.15) is 0 Å². The lowest BCUT2D eigenvalue weighted by Gasteiger charge is -2.48. The zero-order chi connectivity index (χ0) is 13.9. The van der Waals surface area contributed by atoms with Crippen LogP contribution in [0.5, 0.6) is 0 Å². The summed E-state index contributed by atoms with van der Waals surface area (Å²) in [7, 11) is 0. The number of hydrogen-bond acceptors (Lipinski definition) is 3. The molecule has 116 valence electrons. The lowest BCUT2D eigenvalue weighted by Crippen LogP contribution is -2.55. The van der Waals surface area contributed by atoms with E-state index in [1.165, 1.54) is 77.4 Å². The first kappa shape index (κ1) is 14.8. The number of nitrogens with zero attached hydrogens (tertiary/aromatic N) is 2. The van der Waals surface area contributed by atoms with E-state index in [1.54, 1.807) is 0 Å². The maximum absolute atomic E-state index is 6.22. The number of piperidine rings is 3. The highest BCUT2D eigenvalue weighted by molar-refractivity contribution is 4.93. The summed E-state index contributed by atoms with van der Waals surface area (Å²) < 4.78 is 0. The summed E-state index contributed by atoms with van der Waals surface area (Å²) in [6.07, 6.45) is 12.3. The minimum atomic E-state index is 0.476. The van der Waals surface area contributed by atoms with E-state index >= 15 is 0 Å². The van der Waals surface area contributed by atoms with Gasteiger partial charge in [-0.15, -0.1) is 0 Å². The molecule has 0 aromatic heterocycles. The monoisotopic (exact) mass is 279 g/mol. The predicted molar refractivity (Wildman–Crippen MR) is 84.8 cm³/mol. The van der Waals surface area contributed by atoms with Crippen LogP contribution < -0.4 is 5.73 Å². The van der Waals surface area contributed by atoms with Crippen molar-refractivity contribution in [3.05, 3.63) is 0 Å². The summed E-state index contributed by atoms with van der Waals surface area (Å²) in [5.74, 6) is 0. The molecular formula is C17H33N3. The average molecular weight is 279 g/mol. The first-order chi connectivity index (χ1) is 9.74. The van der Waals surface area contributed by atoms with Crippen LogP contribution in [0, 0.1) is 0 Å². The lowest BCUT2D eigenvalue weighted by atomic mass is 9.82. The zero-order valence-corrected chi connectivity index (χ0v) is 13.3. The fraction of sp³-hybridized carbons (Fsp3) is 1.00. The van der Waals surface area contributed by atoms with Gasteiger partial charge in [0.25, 0.3) is 0 Å². The highest BCUT2D eigenvalue weighted by atomic mass is 15.2. The van der Waals surface area contributed by atoms with Gasteiger partial charge in [-0.1, -0.05) is 12.8 Å². The van der Waals surface area contributed by atoms with Crippen LogP contribution in [0.4, 0.5) is 0 Å². The molecule has 3 aliphatic rings. The maximum Gasteiger partial charge on any atom is 0.0113 e. The van der Waals surface area contributed by atoms with Crippen molar-refractivity contribution in [2.75, 3.05) is 19.6 Å². The van der Waals surface area contributed by atoms with Crippen molar-refractivity contribution in [2.24, 2.45) is 5.73 Å². The van der Waals surface area contributed by atoms with Gasteiger partial charge in [-0.25, -0.2) is 0 Å². The number of rotatable bonds is 4. The number of likely N-dealkylation sites (tertiary alicyclic amines) is 1. The van der Waals surface area contributed by atoms with E-state index in [4.69, 9.17) is 5.73 Å². The van der Waals surface area contributed by atoms with Gasteiger partial charge in [0.15, 0.2) is 0 Å². The second kappa shape index (κ2) is 6.76. The zero-order valence-electron chi connectivity index (χ0n) is 13.3. The molecule has 3 heteroatoms. The third-order valence-corrected chi connectivity index (χ3v) is 5.96. The van der Waals surface area contributed by atoms with E-state index in [0.717, 1.165) is 18.1 Å². The summed E-state index contributed by atoms with van der Waals surface area (Å²) in [5, 5.41) is 0. The van der Waals surface area contributed by atoms with Crippen molar-refractivity contribution in [3.63, 3.8) is 0 Å². The molecule has 20 heavy (non-hydrogen) atoms. The highest BCUT2D eigenvalue weighted by Crippen LogP contribution is 2.33. The summed E-state index contributed by atoms with van der Waals surface area (Å²) in [4.78, 5) is 5.54. The lowest BCUT2D eigenvalue weighted by molar-refractivity contribution is 0.0264. The Morgan fingerprint density at radius 1 is 0.950 bits per heavy atom. The molecular weight excluding hydrogens is 246 g/mol. The number of hydrogen-bond donors (Lipinski definition) is 1. The number of nitrogens with two attached hydrogens (primary N) is 1. The topological polar surface area (TPSA) is 32.5 Å². The van der Waals surface area contributed by atoms with Gasteiger partial charge in [-0.3, -0.25) is 4.90 Å². The van der Waals surface area contributed by atoms with E-state index < -0.39 is 0 Å². The molecule has 2 bridgehead atoms. The molecule has 3 atom stereocenters.